The quantitative estimate of drug-likeness (QED) is 0.597. The molecule has 1 atom stereocenters. The minimum absolute atomic E-state index is 0.0696. The molecule has 0 aromatic carbocycles. The molecule has 0 saturated heterocycles. The molecular formula is C20H42O2. The summed E-state index contributed by atoms with van der Waals surface area (Å²) in [5, 5.41) is 19.9. The third kappa shape index (κ3) is 9.15. The van der Waals surface area contributed by atoms with Gasteiger partial charge in [0.1, 0.15) is 0 Å². The normalized spacial score (nSPS) is 16.0. The Bertz CT molecular complexity index is 321. The maximum absolute atomic E-state index is 10.7. The largest absolute Gasteiger partial charge is 0.396 e. The number of aliphatic hydroxyl groups is 2. The Hall–Kier alpha value is -0.0800. The highest BCUT2D eigenvalue weighted by atomic mass is 16.3. The first kappa shape index (κ1) is 21.9. The molecule has 0 bridgehead atoms. The summed E-state index contributed by atoms with van der Waals surface area (Å²) in [6.45, 7) is 20.4. The van der Waals surface area contributed by atoms with E-state index in [9.17, 15) is 10.2 Å². The lowest BCUT2D eigenvalue weighted by molar-refractivity contribution is -0.00209. The lowest BCUT2D eigenvalue weighted by atomic mass is 9.68. The predicted octanol–water partition coefficient (Wildman–Crippen LogP) is 5.41. The van der Waals surface area contributed by atoms with E-state index in [0.29, 0.717) is 5.41 Å². The second-order valence-corrected chi connectivity index (χ2v) is 10.8. The van der Waals surface area contributed by atoms with Crippen molar-refractivity contribution in [3.63, 3.8) is 0 Å². The zero-order valence-corrected chi connectivity index (χ0v) is 16.7. The highest BCUT2D eigenvalue weighted by molar-refractivity contribution is 4.86. The van der Waals surface area contributed by atoms with E-state index in [-0.39, 0.29) is 29.0 Å². The molecule has 0 aromatic rings. The molecule has 0 aliphatic carbocycles. The topological polar surface area (TPSA) is 40.5 Å². The number of aliphatic hydroxyl groups excluding tert-OH is 2. The van der Waals surface area contributed by atoms with Gasteiger partial charge >= 0.3 is 0 Å². The van der Waals surface area contributed by atoms with Crippen LogP contribution in [0.3, 0.4) is 0 Å². The Morgan fingerprint density at radius 1 is 0.727 bits per heavy atom. The van der Waals surface area contributed by atoms with Crippen molar-refractivity contribution in [3.05, 3.63) is 0 Å². The van der Waals surface area contributed by atoms with Crippen molar-refractivity contribution in [2.75, 3.05) is 6.61 Å². The van der Waals surface area contributed by atoms with Crippen LogP contribution >= 0.6 is 0 Å². The van der Waals surface area contributed by atoms with Crippen LogP contribution in [0.4, 0.5) is 0 Å². The van der Waals surface area contributed by atoms with Crippen LogP contribution in [0.5, 0.6) is 0 Å². The Morgan fingerprint density at radius 2 is 1.18 bits per heavy atom. The molecule has 22 heavy (non-hydrogen) atoms. The van der Waals surface area contributed by atoms with Gasteiger partial charge in [0.25, 0.3) is 0 Å². The Morgan fingerprint density at radius 3 is 1.59 bits per heavy atom. The van der Waals surface area contributed by atoms with Gasteiger partial charge in [0, 0.05) is 6.61 Å². The molecule has 134 valence electrons. The van der Waals surface area contributed by atoms with Crippen LogP contribution in [0.15, 0.2) is 0 Å². The second-order valence-electron chi connectivity index (χ2n) is 10.8. The first-order chi connectivity index (χ1) is 9.60. The van der Waals surface area contributed by atoms with Gasteiger partial charge in [-0.25, -0.2) is 0 Å². The molecule has 0 spiro atoms. The van der Waals surface area contributed by atoms with E-state index in [1.807, 2.05) is 0 Å². The van der Waals surface area contributed by atoms with Crippen LogP contribution in [-0.2, 0) is 0 Å². The third-order valence-corrected chi connectivity index (χ3v) is 4.73. The lowest BCUT2D eigenvalue weighted by Crippen LogP contribution is -2.35. The average molecular weight is 315 g/mol. The van der Waals surface area contributed by atoms with Crippen LogP contribution in [0, 0.1) is 21.7 Å². The summed E-state index contributed by atoms with van der Waals surface area (Å²) in [4.78, 5) is 0. The predicted molar refractivity (Wildman–Crippen MR) is 97.0 cm³/mol. The smallest absolute Gasteiger partial charge is 0.0591 e. The van der Waals surface area contributed by atoms with Crippen LogP contribution in [0.1, 0.15) is 94.4 Å². The van der Waals surface area contributed by atoms with Gasteiger partial charge in [0.2, 0.25) is 0 Å². The fourth-order valence-electron chi connectivity index (χ4n) is 4.18. The summed E-state index contributed by atoms with van der Waals surface area (Å²) in [5.74, 6) is 0. The third-order valence-electron chi connectivity index (χ3n) is 4.73. The molecule has 0 amide bonds. The molecule has 0 radical (unpaired) electrons. The van der Waals surface area contributed by atoms with Gasteiger partial charge in [-0.05, 0) is 53.8 Å². The van der Waals surface area contributed by atoms with E-state index >= 15 is 0 Å². The second kappa shape index (κ2) is 7.66. The van der Waals surface area contributed by atoms with E-state index in [4.69, 9.17) is 0 Å². The van der Waals surface area contributed by atoms with Gasteiger partial charge in [-0.3, -0.25) is 0 Å². The van der Waals surface area contributed by atoms with E-state index in [2.05, 4.69) is 62.3 Å². The summed E-state index contributed by atoms with van der Waals surface area (Å²) >= 11 is 0. The molecule has 1 unspecified atom stereocenters. The van der Waals surface area contributed by atoms with Crippen molar-refractivity contribution in [2.45, 2.75) is 101 Å². The molecule has 0 aliphatic rings. The molecule has 2 nitrogen and oxygen atoms in total. The molecule has 0 aromatic heterocycles. The van der Waals surface area contributed by atoms with Crippen molar-refractivity contribution < 1.29 is 10.2 Å². The average Bonchev–Trinajstić information content (AvgIpc) is 2.20. The van der Waals surface area contributed by atoms with E-state index in [1.54, 1.807) is 0 Å². The minimum atomic E-state index is -0.287. The van der Waals surface area contributed by atoms with Crippen molar-refractivity contribution in [1.82, 2.24) is 0 Å². The first-order valence-electron chi connectivity index (χ1n) is 8.89. The van der Waals surface area contributed by atoms with E-state index < -0.39 is 0 Å². The maximum Gasteiger partial charge on any atom is 0.0591 e. The number of hydrogen-bond donors (Lipinski definition) is 2. The van der Waals surface area contributed by atoms with Crippen LogP contribution < -0.4 is 0 Å². The molecule has 0 rings (SSSR count). The summed E-state index contributed by atoms with van der Waals surface area (Å²) in [7, 11) is 0. The molecule has 2 heteroatoms. The summed E-state index contributed by atoms with van der Waals surface area (Å²) in [5.41, 5.74) is 0.541. The molecule has 0 saturated carbocycles. The number of rotatable bonds is 9. The van der Waals surface area contributed by atoms with Gasteiger partial charge in [-0.15, -0.1) is 0 Å². The Kier molecular flexibility index (Phi) is 7.63. The van der Waals surface area contributed by atoms with Crippen molar-refractivity contribution in [3.8, 4) is 0 Å². The number of hydrogen-bond acceptors (Lipinski definition) is 2. The summed E-state index contributed by atoms with van der Waals surface area (Å²) in [6.07, 6.45) is 4.51. The van der Waals surface area contributed by atoms with E-state index in [1.165, 1.54) is 6.42 Å². The minimum Gasteiger partial charge on any atom is -0.396 e. The van der Waals surface area contributed by atoms with Gasteiger partial charge < -0.3 is 10.2 Å². The maximum atomic E-state index is 10.7. The molecule has 0 aliphatic heterocycles. The monoisotopic (exact) mass is 314 g/mol. The van der Waals surface area contributed by atoms with Crippen LogP contribution in [0.25, 0.3) is 0 Å². The zero-order chi connectivity index (χ0) is 17.8. The van der Waals surface area contributed by atoms with E-state index in [0.717, 1.165) is 25.7 Å². The van der Waals surface area contributed by atoms with Crippen LogP contribution in [0.2, 0.25) is 0 Å². The summed E-state index contributed by atoms with van der Waals surface area (Å²) < 4.78 is 0. The molecule has 0 fully saturated rings. The Labute approximate surface area is 139 Å². The highest BCUT2D eigenvalue weighted by Gasteiger charge is 2.35. The zero-order valence-electron chi connectivity index (χ0n) is 16.7. The fraction of sp³-hybridized carbons (Fsp3) is 1.00. The van der Waals surface area contributed by atoms with Crippen molar-refractivity contribution >= 4 is 0 Å². The van der Waals surface area contributed by atoms with Gasteiger partial charge in [-0.2, -0.15) is 0 Å². The lowest BCUT2D eigenvalue weighted by Gasteiger charge is -2.40. The fourth-order valence-corrected chi connectivity index (χ4v) is 4.18. The summed E-state index contributed by atoms with van der Waals surface area (Å²) in [6, 6.07) is 0. The molecular weight excluding hydrogens is 272 g/mol. The molecule has 0 heterocycles. The van der Waals surface area contributed by atoms with Gasteiger partial charge in [0.15, 0.2) is 0 Å². The van der Waals surface area contributed by atoms with Gasteiger partial charge in [-0.1, -0.05) is 62.3 Å². The first-order valence-corrected chi connectivity index (χ1v) is 8.89. The van der Waals surface area contributed by atoms with Crippen LogP contribution in [-0.4, -0.2) is 22.9 Å². The Balaban J connectivity index is 4.60. The standard InChI is InChI=1S/C20H42O2/c1-17(2,3)14-18(4,5)11-10-16(22)20(8,9)15-19(6,7)12-13-21/h16,21-22H,10-15H2,1-9H3. The van der Waals surface area contributed by atoms with Crippen molar-refractivity contribution in [2.24, 2.45) is 21.7 Å². The SMILES string of the molecule is CC(C)(C)CC(C)(C)CCC(O)C(C)(C)CC(C)(C)CCO. The van der Waals surface area contributed by atoms with Crippen molar-refractivity contribution in [1.29, 1.82) is 0 Å². The molecule has 2 N–H and O–H groups in total. The highest BCUT2D eigenvalue weighted by Crippen LogP contribution is 2.42. The van der Waals surface area contributed by atoms with Gasteiger partial charge in [0.05, 0.1) is 6.10 Å².